The SMILES string of the molecule is CC(C)=CCCC(C)CCO[Si](C)(OCCC(C)CCC=C(C)C)OCCC(C)CCC=C(C)C. The van der Waals surface area contributed by atoms with Crippen molar-refractivity contribution in [1.82, 2.24) is 0 Å². The zero-order valence-electron chi connectivity index (χ0n) is 25.2. The molecule has 3 nitrogen and oxygen atoms in total. The van der Waals surface area contributed by atoms with Crippen LogP contribution in [0.3, 0.4) is 0 Å². The summed E-state index contributed by atoms with van der Waals surface area (Å²) in [4.78, 5) is 0. The highest BCUT2D eigenvalue weighted by molar-refractivity contribution is 6.59. The summed E-state index contributed by atoms with van der Waals surface area (Å²) >= 11 is 0. The normalized spacial score (nSPS) is 15.6. The van der Waals surface area contributed by atoms with E-state index in [0.717, 1.165) is 58.3 Å². The second kappa shape index (κ2) is 20.4. The predicted molar refractivity (Wildman–Crippen MR) is 157 cm³/mol. The summed E-state index contributed by atoms with van der Waals surface area (Å²) in [6.45, 7) is 24.3. The molecular formula is C31H60O3Si. The molecule has 0 radical (unpaired) electrons. The van der Waals surface area contributed by atoms with Gasteiger partial charge in [0.05, 0.1) is 0 Å². The van der Waals surface area contributed by atoms with Crippen molar-refractivity contribution in [1.29, 1.82) is 0 Å². The molecule has 0 aromatic carbocycles. The van der Waals surface area contributed by atoms with Gasteiger partial charge in [-0.25, -0.2) is 0 Å². The van der Waals surface area contributed by atoms with Crippen LogP contribution in [0.5, 0.6) is 0 Å². The number of hydrogen-bond donors (Lipinski definition) is 0. The van der Waals surface area contributed by atoms with Crippen molar-refractivity contribution in [3.63, 3.8) is 0 Å². The molecule has 0 aromatic rings. The number of allylic oxidation sites excluding steroid dienone is 6. The highest BCUT2D eigenvalue weighted by Crippen LogP contribution is 2.20. The average Bonchev–Trinajstić information content (AvgIpc) is 2.73. The summed E-state index contributed by atoms with van der Waals surface area (Å²) in [6.07, 6.45) is 17.3. The van der Waals surface area contributed by atoms with E-state index in [-0.39, 0.29) is 0 Å². The van der Waals surface area contributed by atoms with Crippen LogP contribution >= 0.6 is 0 Å². The van der Waals surface area contributed by atoms with E-state index in [1.54, 1.807) is 0 Å². The Bertz CT molecular complexity index is 527. The molecule has 4 heteroatoms. The van der Waals surface area contributed by atoms with Crippen molar-refractivity contribution < 1.29 is 13.3 Å². The van der Waals surface area contributed by atoms with Gasteiger partial charge >= 0.3 is 8.80 Å². The molecule has 0 rings (SSSR count). The van der Waals surface area contributed by atoms with Gasteiger partial charge in [-0.3, -0.25) is 0 Å². The van der Waals surface area contributed by atoms with Crippen LogP contribution in [0.2, 0.25) is 6.55 Å². The van der Waals surface area contributed by atoms with Crippen LogP contribution < -0.4 is 0 Å². The molecule has 0 aliphatic carbocycles. The van der Waals surface area contributed by atoms with Gasteiger partial charge in [0.25, 0.3) is 0 Å². The molecule has 0 spiro atoms. The second-order valence-corrected chi connectivity index (χ2v) is 14.3. The van der Waals surface area contributed by atoms with Gasteiger partial charge in [-0.2, -0.15) is 0 Å². The first-order chi connectivity index (χ1) is 16.4. The van der Waals surface area contributed by atoms with Crippen LogP contribution in [0.15, 0.2) is 34.9 Å². The molecule has 0 aliphatic rings. The van der Waals surface area contributed by atoms with Gasteiger partial charge in [0.15, 0.2) is 0 Å². The zero-order chi connectivity index (χ0) is 26.7. The van der Waals surface area contributed by atoms with E-state index < -0.39 is 8.80 Å². The lowest BCUT2D eigenvalue weighted by molar-refractivity contribution is 0.0545. The lowest BCUT2D eigenvalue weighted by Crippen LogP contribution is -2.44. The van der Waals surface area contributed by atoms with Crippen molar-refractivity contribution in [2.45, 2.75) is 127 Å². The highest BCUT2D eigenvalue weighted by atomic mass is 28.4. The Morgan fingerprint density at radius 2 is 0.771 bits per heavy atom. The Labute approximate surface area is 221 Å². The van der Waals surface area contributed by atoms with Crippen LogP contribution in [0.4, 0.5) is 0 Å². The molecular weight excluding hydrogens is 448 g/mol. The summed E-state index contributed by atoms with van der Waals surface area (Å²) in [7, 11) is -2.63. The summed E-state index contributed by atoms with van der Waals surface area (Å²) < 4.78 is 19.1. The van der Waals surface area contributed by atoms with Crippen LogP contribution in [0.1, 0.15) is 120 Å². The lowest BCUT2D eigenvalue weighted by Gasteiger charge is -2.28. The molecule has 206 valence electrons. The molecule has 3 unspecified atom stereocenters. The molecule has 0 fully saturated rings. The minimum Gasteiger partial charge on any atom is -0.374 e. The van der Waals surface area contributed by atoms with Gasteiger partial charge in [-0.05, 0) is 117 Å². The van der Waals surface area contributed by atoms with E-state index in [2.05, 4.69) is 87.1 Å². The summed E-state index contributed by atoms with van der Waals surface area (Å²) in [6, 6.07) is 0. The zero-order valence-corrected chi connectivity index (χ0v) is 26.2. The van der Waals surface area contributed by atoms with Gasteiger partial charge in [-0.15, -0.1) is 0 Å². The summed E-state index contributed by atoms with van der Waals surface area (Å²) in [5.74, 6) is 1.94. The molecule has 0 amide bonds. The van der Waals surface area contributed by atoms with Crippen LogP contribution in [-0.4, -0.2) is 28.6 Å². The topological polar surface area (TPSA) is 27.7 Å². The van der Waals surface area contributed by atoms with Crippen molar-refractivity contribution >= 4 is 8.80 Å². The van der Waals surface area contributed by atoms with Crippen molar-refractivity contribution in [3.8, 4) is 0 Å². The first kappa shape index (κ1) is 34.3. The molecule has 0 saturated heterocycles. The van der Waals surface area contributed by atoms with Gasteiger partial charge in [0, 0.05) is 26.4 Å². The van der Waals surface area contributed by atoms with E-state index >= 15 is 0 Å². The van der Waals surface area contributed by atoms with Crippen LogP contribution in [-0.2, 0) is 13.3 Å². The third-order valence-electron chi connectivity index (χ3n) is 6.56. The monoisotopic (exact) mass is 508 g/mol. The molecule has 0 aliphatic heterocycles. The largest absolute Gasteiger partial charge is 0.497 e. The lowest BCUT2D eigenvalue weighted by atomic mass is 10.0. The van der Waals surface area contributed by atoms with Crippen molar-refractivity contribution in [2.75, 3.05) is 19.8 Å². The fraction of sp³-hybridized carbons (Fsp3) is 0.806. The Balaban J connectivity index is 4.65. The fourth-order valence-electron chi connectivity index (χ4n) is 3.86. The summed E-state index contributed by atoms with van der Waals surface area (Å²) in [5.41, 5.74) is 4.21. The van der Waals surface area contributed by atoms with Gasteiger partial charge in [-0.1, -0.05) is 55.7 Å². The van der Waals surface area contributed by atoms with E-state index in [4.69, 9.17) is 13.3 Å². The molecule has 0 saturated carbocycles. The first-order valence-corrected chi connectivity index (χ1v) is 16.5. The Hall–Kier alpha value is -0.683. The van der Waals surface area contributed by atoms with Crippen molar-refractivity contribution in [2.24, 2.45) is 17.8 Å². The molecule has 35 heavy (non-hydrogen) atoms. The number of rotatable bonds is 21. The quantitative estimate of drug-likeness (QED) is 0.114. The molecule has 0 N–H and O–H groups in total. The molecule has 0 aromatic heterocycles. The minimum atomic E-state index is -2.63. The van der Waals surface area contributed by atoms with E-state index in [0.29, 0.717) is 17.8 Å². The third kappa shape index (κ3) is 22.3. The Kier molecular flexibility index (Phi) is 20.0. The molecule has 0 heterocycles. The van der Waals surface area contributed by atoms with Gasteiger partial charge < -0.3 is 13.3 Å². The summed E-state index contributed by atoms with van der Waals surface area (Å²) in [5, 5.41) is 0. The van der Waals surface area contributed by atoms with Gasteiger partial charge in [0.1, 0.15) is 0 Å². The third-order valence-corrected chi connectivity index (χ3v) is 8.75. The van der Waals surface area contributed by atoms with E-state index in [9.17, 15) is 0 Å². The van der Waals surface area contributed by atoms with Crippen molar-refractivity contribution in [3.05, 3.63) is 34.9 Å². The highest BCUT2D eigenvalue weighted by Gasteiger charge is 2.35. The molecule has 0 bridgehead atoms. The molecule has 3 atom stereocenters. The maximum Gasteiger partial charge on any atom is 0.497 e. The minimum absolute atomic E-state index is 0.647. The second-order valence-electron chi connectivity index (χ2n) is 11.7. The maximum atomic E-state index is 6.38. The predicted octanol–water partition coefficient (Wildman–Crippen LogP) is 9.92. The van der Waals surface area contributed by atoms with Gasteiger partial charge in [0.2, 0.25) is 0 Å². The van der Waals surface area contributed by atoms with Crippen LogP contribution in [0, 0.1) is 17.8 Å². The average molecular weight is 509 g/mol. The fourth-order valence-corrected chi connectivity index (χ4v) is 5.58. The Morgan fingerprint density at radius 3 is 1.00 bits per heavy atom. The number of hydrogen-bond acceptors (Lipinski definition) is 3. The Morgan fingerprint density at radius 1 is 0.514 bits per heavy atom. The van der Waals surface area contributed by atoms with E-state index in [1.807, 2.05) is 0 Å². The standard InChI is InChI=1S/C31H60O3Si/c1-26(2)14-11-17-29(7)20-23-32-35(10,33-24-21-30(8)18-12-15-27(3)4)34-25-22-31(9)19-13-16-28(5)6/h14-16,29-31H,11-13,17-25H2,1-10H3. The van der Waals surface area contributed by atoms with E-state index in [1.165, 1.54) is 36.0 Å². The first-order valence-electron chi connectivity index (χ1n) is 14.3. The van der Waals surface area contributed by atoms with Crippen LogP contribution in [0.25, 0.3) is 0 Å². The maximum absolute atomic E-state index is 6.38. The smallest absolute Gasteiger partial charge is 0.374 e.